The van der Waals surface area contributed by atoms with Gasteiger partial charge in [-0.2, -0.15) is 0 Å². The average Bonchev–Trinajstić information content (AvgIpc) is 2.12. The van der Waals surface area contributed by atoms with Crippen molar-refractivity contribution in [2.45, 2.75) is 52.1 Å². The fourth-order valence-electron chi connectivity index (χ4n) is 0.907. The third-order valence-corrected chi connectivity index (χ3v) is 2.48. The van der Waals surface area contributed by atoms with E-state index < -0.39 is 0 Å². The lowest BCUT2D eigenvalue weighted by Crippen LogP contribution is -2.13. The zero-order valence-electron chi connectivity index (χ0n) is 8.51. The van der Waals surface area contributed by atoms with Crippen molar-refractivity contribution < 1.29 is 9.53 Å². The fraction of sp³-hybridized carbons (Fsp3) is 0.900. The van der Waals surface area contributed by atoms with E-state index in [-0.39, 0.29) is 12.1 Å². The number of esters is 1. The molecule has 1 unspecified atom stereocenters. The normalized spacial score (nSPS) is 12.5. The van der Waals surface area contributed by atoms with E-state index in [9.17, 15) is 4.79 Å². The highest BCUT2D eigenvalue weighted by molar-refractivity contribution is 9.09. The number of unbranched alkanes of at least 4 members (excludes halogenated alkanes) is 2. The number of ether oxygens (including phenoxy) is 1. The van der Waals surface area contributed by atoms with Gasteiger partial charge in [0.15, 0.2) is 0 Å². The minimum absolute atomic E-state index is 0.0519. The number of rotatable bonds is 7. The second kappa shape index (κ2) is 8.54. The first-order chi connectivity index (χ1) is 6.20. The molecule has 0 rings (SSSR count). The van der Waals surface area contributed by atoms with E-state index in [1.54, 1.807) is 0 Å². The SMILES string of the molecule is CCC(C)OC(=O)CCCCCBr. The van der Waals surface area contributed by atoms with Crippen molar-refractivity contribution in [2.24, 2.45) is 0 Å². The minimum Gasteiger partial charge on any atom is -0.463 e. The van der Waals surface area contributed by atoms with Crippen LogP contribution in [0.1, 0.15) is 46.0 Å². The summed E-state index contributed by atoms with van der Waals surface area (Å²) >= 11 is 3.35. The first-order valence-corrected chi connectivity index (χ1v) is 6.08. The Kier molecular flexibility index (Phi) is 8.51. The Hall–Kier alpha value is -0.0500. The number of hydrogen-bond donors (Lipinski definition) is 0. The van der Waals surface area contributed by atoms with Crippen molar-refractivity contribution in [1.82, 2.24) is 0 Å². The molecule has 0 N–H and O–H groups in total. The van der Waals surface area contributed by atoms with Gasteiger partial charge in [0.2, 0.25) is 0 Å². The lowest BCUT2D eigenvalue weighted by atomic mass is 10.2. The number of hydrogen-bond acceptors (Lipinski definition) is 2. The maximum absolute atomic E-state index is 11.1. The summed E-state index contributed by atoms with van der Waals surface area (Å²) in [5, 5.41) is 1.02. The molecule has 0 heterocycles. The van der Waals surface area contributed by atoms with E-state index in [1.807, 2.05) is 13.8 Å². The van der Waals surface area contributed by atoms with Gasteiger partial charge in [-0.25, -0.2) is 0 Å². The van der Waals surface area contributed by atoms with E-state index >= 15 is 0 Å². The largest absolute Gasteiger partial charge is 0.463 e. The Morgan fingerprint density at radius 3 is 2.62 bits per heavy atom. The molecule has 2 nitrogen and oxygen atoms in total. The Balaban J connectivity index is 3.30. The van der Waals surface area contributed by atoms with Gasteiger partial charge in [0.05, 0.1) is 6.10 Å². The highest BCUT2D eigenvalue weighted by Crippen LogP contribution is 2.05. The molecule has 78 valence electrons. The highest BCUT2D eigenvalue weighted by Gasteiger charge is 2.06. The van der Waals surface area contributed by atoms with E-state index in [1.165, 1.54) is 0 Å². The van der Waals surface area contributed by atoms with Crippen molar-refractivity contribution >= 4 is 21.9 Å². The van der Waals surface area contributed by atoms with Crippen LogP contribution in [-0.2, 0) is 9.53 Å². The summed E-state index contributed by atoms with van der Waals surface area (Å²) in [6.07, 6.45) is 4.71. The Morgan fingerprint density at radius 2 is 2.08 bits per heavy atom. The predicted molar refractivity (Wildman–Crippen MR) is 58.1 cm³/mol. The quantitative estimate of drug-likeness (QED) is 0.394. The summed E-state index contributed by atoms with van der Waals surface area (Å²) in [6.45, 7) is 3.94. The lowest BCUT2D eigenvalue weighted by Gasteiger charge is -2.10. The maximum atomic E-state index is 11.1. The smallest absolute Gasteiger partial charge is 0.306 e. The molecule has 0 aliphatic rings. The predicted octanol–water partition coefficient (Wildman–Crippen LogP) is 3.28. The summed E-state index contributed by atoms with van der Waals surface area (Å²) in [6, 6.07) is 0. The van der Waals surface area contributed by atoms with Crippen molar-refractivity contribution in [1.29, 1.82) is 0 Å². The van der Waals surface area contributed by atoms with Crippen LogP contribution in [0, 0.1) is 0 Å². The van der Waals surface area contributed by atoms with Gasteiger partial charge in [0.25, 0.3) is 0 Å². The Bertz CT molecular complexity index is 137. The van der Waals surface area contributed by atoms with Crippen LogP contribution >= 0.6 is 15.9 Å². The van der Waals surface area contributed by atoms with Gasteiger partial charge in [-0.1, -0.05) is 29.3 Å². The van der Waals surface area contributed by atoms with E-state index in [0.29, 0.717) is 6.42 Å². The molecule has 0 saturated heterocycles. The van der Waals surface area contributed by atoms with Crippen LogP contribution in [0.3, 0.4) is 0 Å². The molecule has 13 heavy (non-hydrogen) atoms. The van der Waals surface area contributed by atoms with Crippen LogP contribution in [-0.4, -0.2) is 17.4 Å². The molecule has 0 spiro atoms. The van der Waals surface area contributed by atoms with Gasteiger partial charge < -0.3 is 4.74 Å². The third-order valence-electron chi connectivity index (χ3n) is 1.92. The molecule has 0 fully saturated rings. The summed E-state index contributed by atoms with van der Waals surface area (Å²) in [4.78, 5) is 11.1. The van der Waals surface area contributed by atoms with Crippen LogP contribution in [0.4, 0.5) is 0 Å². The van der Waals surface area contributed by atoms with Gasteiger partial charge in [0.1, 0.15) is 0 Å². The first kappa shape index (κ1) is 12.9. The van der Waals surface area contributed by atoms with Gasteiger partial charge in [-0.15, -0.1) is 0 Å². The molecule has 0 amide bonds. The van der Waals surface area contributed by atoms with Crippen molar-refractivity contribution in [3.63, 3.8) is 0 Å². The summed E-state index contributed by atoms with van der Waals surface area (Å²) < 4.78 is 5.13. The summed E-state index contributed by atoms with van der Waals surface area (Å²) in [5.74, 6) is -0.0519. The zero-order valence-corrected chi connectivity index (χ0v) is 10.1. The Morgan fingerprint density at radius 1 is 1.38 bits per heavy atom. The van der Waals surface area contributed by atoms with Crippen LogP contribution < -0.4 is 0 Å². The molecular formula is C10H19BrO2. The molecule has 1 atom stereocenters. The highest BCUT2D eigenvalue weighted by atomic mass is 79.9. The maximum Gasteiger partial charge on any atom is 0.306 e. The molecule has 3 heteroatoms. The van der Waals surface area contributed by atoms with Gasteiger partial charge in [0, 0.05) is 11.8 Å². The van der Waals surface area contributed by atoms with Crippen molar-refractivity contribution in [2.75, 3.05) is 5.33 Å². The molecule has 0 saturated carbocycles. The fourth-order valence-corrected chi connectivity index (χ4v) is 1.30. The zero-order chi connectivity index (χ0) is 10.1. The molecule has 0 aromatic rings. The van der Waals surface area contributed by atoms with E-state index in [0.717, 1.165) is 31.0 Å². The van der Waals surface area contributed by atoms with E-state index in [2.05, 4.69) is 15.9 Å². The first-order valence-electron chi connectivity index (χ1n) is 4.96. The van der Waals surface area contributed by atoms with Crippen LogP contribution in [0.25, 0.3) is 0 Å². The van der Waals surface area contributed by atoms with Crippen molar-refractivity contribution in [3.8, 4) is 0 Å². The molecule has 0 radical (unpaired) electrons. The third kappa shape index (κ3) is 8.28. The van der Waals surface area contributed by atoms with Crippen LogP contribution in [0.15, 0.2) is 0 Å². The lowest BCUT2D eigenvalue weighted by molar-refractivity contribution is -0.148. The van der Waals surface area contributed by atoms with Crippen LogP contribution in [0.5, 0.6) is 0 Å². The topological polar surface area (TPSA) is 26.3 Å². The molecular weight excluding hydrogens is 232 g/mol. The summed E-state index contributed by atoms with van der Waals surface area (Å²) in [7, 11) is 0. The molecule has 0 aromatic carbocycles. The second-order valence-electron chi connectivity index (χ2n) is 3.21. The number of halogens is 1. The molecule has 0 aromatic heterocycles. The minimum atomic E-state index is -0.0519. The molecule has 0 aliphatic carbocycles. The van der Waals surface area contributed by atoms with Gasteiger partial charge in [-0.05, 0) is 26.2 Å². The number of carbonyl (C=O) groups excluding carboxylic acids is 1. The van der Waals surface area contributed by atoms with E-state index in [4.69, 9.17) is 4.74 Å². The van der Waals surface area contributed by atoms with Crippen molar-refractivity contribution in [3.05, 3.63) is 0 Å². The Labute approximate surface area is 89.2 Å². The van der Waals surface area contributed by atoms with Gasteiger partial charge in [-0.3, -0.25) is 4.79 Å². The monoisotopic (exact) mass is 250 g/mol. The van der Waals surface area contributed by atoms with Crippen LogP contribution in [0.2, 0.25) is 0 Å². The second-order valence-corrected chi connectivity index (χ2v) is 4.00. The molecule has 0 aliphatic heterocycles. The summed E-state index contributed by atoms with van der Waals surface area (Å²) in [5.41, 5.74) is 0. The average molecular weight is 251 g/mol. The number of carbonyl (C=O) groups is 1. The van der Waals surface area contributed by atoms with Gasteiger partial charge >= 0.3 is 5.97 Å². The standard InChI is InChI=1S/C10H19BrO2/c1-3-9(2)13-10(12)7-5-4-6-8-11/h9H,3-8H2,1-2H3. The molecule has 0 bridgehead atoms. The number of alkyl halides is 1.